The minimum Gasteiger partial charge on any atom is -0.250 e. The molecule has 0 saturated carbocycles. The van der Waals surface area contributed by atoms with Gasteiger partial charge in [0.2, 0.25) is 0 Å². The van der Waals surface area contributed by atoms with Gasteiger partial charge in [-0.15, -0.1) is 0 Å². The maximum Gasteiger partial charge on any atom is 0.138 e. The first-order chi connectivity index (χ1) is 7.19. The lowest BCUT2D eigenvalue weighted by molar-refractivity contribution is 0.406. The Kier molecular flexibility index (Phi) is 5.29. The maximum atomic E-state index is 4.34. The van der Waals surface area contributed by atoms with Gasteiger partial charge in [0.15, 0.2) is 0 Å². The summed E-state index contributed by atoms with van der Waals surface area (Å²) in [6, 6.07) is 0. The Labute approximate surface area is 100 Å². The van der Waals surface area contributed by atoms with E-state index in [4.69, 9.17) is 0 Å². The monoisotopic (exact) mass is 273 g/mol. The van der Waals surface area contributed by atoms with Crippen molar-refractivity contribution in [1.29, 1.82) is 0 Å². The van der Waals surface area contributed by atoms with Crippen molar-refractivity contribution in [3.63, 3.8) is 0 Å². The van der Waals surface area contributed by atoms with Gasteiger partial charge in [-0.05, 0) is 18.3 Å². The summed E-state index contributed by atoms with van der Waals surface area (Å²) in [6.45, 7) is 7.65. The molecule has 1 rings (SSSR count). The predicted octanol–water partition coefficient (Wildman–Crippen LogP) is 2.90. The van der Waals surface area contributed by atoms with Crippen LogP contribution in [0.2, 0.25) is 0 Å². The highest BCUT2D eigenvalue weighted by atomic mass is 79.9. The van der Waals surface area contributed by atoms with E-state index in [-0.39, 0.29) is 0 Å². The van der Waals surface area contributed by atoms with Crippen LogP contribution in [0.15, 0.2) is 6.33 Å². The number of rotatable bonds is 6. The van der Waals surface area contributed by atoms with Crippen molar-refractivity contribution in [1.82, 2.24) is 14.8 Å². The molecule has 0 aliphatic heterocycles. The van der Waals surface area contributed by atoms with Gasteiger partial charge in [0.05, 0.1) is 0 Å². The Morgan fingerprint density at radius 1 is 1.47 bits per heavy atom. The van der Waals surface area contributed by atoms with Crippen LogP contribution >= 0.6 is 15.9 Å². The quantitative estimate of drug-likeness (QED) is 0.747. The highest BCUT2D eigenvalue weighted by molar-refractivity contribution is 9.09. The highest BCUT2D eigenvalue weighted by Gasteiger charge is 2.15. The summed E-state index contributed by atoms with van der Waals surface area (Å²) in [5.74, 6) is 2.44. The molecule has 0 aliphatic carbocycles. The smallest absolute Gasteiger partial charge is 0.138 e. The Balaban J connectivity index is 2.65. The fourth-order valence-corrected chi connectivity index (χ4v) is 2.52. The van der Waals surface area contributed by atoms with E-state index in [1.165, 1.54) is 0 Å². The summed E-state index contributed by atoms with van der Waals surface area (Å²) in [5.41, 5.74) is 0. The van der Waals surface area contributed by atoms with E-state index in [9.17, 15) is 0 Å². The third kappa shape index (κ3) is 3.59. The van der Waals surface area contributed by atoms with Crippen LogP contribution < -0.4 is 0 Å². The molecule has 0 saturated heterocycles. The average Bonchev–Trinajstić information content (AvgIpc) is 2.62. The van der Waals surface area contributed by atoms with Crippen LogP contribution in [0, 0.1) is 11.8 Å². The van der Waals surface area contributed by atoms with Gasteiger partial charge in [0.1, 0.15) is 12.2 Å². The van der Waals surface area contributed by atoms with Crippen molar-refractivity contribution in [3.8, 4) is 0 Å². The third-order valence-electron chi connectivity index (χ3n) is 2.72. The number of hydrogen-bond acceptors (Lipinski definition) is 2. The Morgan fingerprint density at radius 3 is 2.73 bits per heavy atom. The van der Waals surface area contributed by atoms with Crippen molar-refractivity contribution >= 4 is 15.9 Å². The topological polar surface area (TPSA) is 30.7 Å². The Bertz CT molecular complexity index is 283. The van der Waals surface area contributed by atoms with Gasteiger partial charge in [-0.2, -0.15) is 5.10 Å². The number of aromatic nitrogens is 3. The zero-order valence-corrected chi connectivity index (χ0v) is 11.4. The van der Waals surface area contributed by atoms with Crippen molar-refractivity contribution in [3.05, 3.63) is 12.2 Å². The minimum atomic E-state index is 0.643. The minimum absolute atomic E-state index is 0.643. The second-order valence-electron chi connectivity index (χ2n) is 4.26. The lowest BCUT2D eigenvalue weighted by atomic mass is 9.94. The molecule has 4 heteroatoms. The van der Waals surface area contributed by atoms with E-state index >= 15 is 0 Å². The van der Waals surface area contributed by atoms with Crippen molar-refractivity contribution in [2.75, 3.05) is 5.33 Å². The van der Waals surface area contributed by atoms with Gasteiger partial charge in [-0.25, -0.2) is 4.98 Å². The van der Waals surface area contributed by atoms with Crippen LogP contribution in [0.1, 0.15) is 33.0 Å². The van der Waals surface area contributed by atoms with E-state index in [0.717, 1.165) is 30.5 Å². The van der Waals surface area contributed by atoms with Crippen LogP contribution in [-0.4, -0.2) is 20.1 Å². The maximum absolute atomic E-state index is 4.34. The van der Waals surface area contributed by atoms with Gasteiger partial charge in [-0.1, -0.05) is 36.7 Å². The first-order valence-corrected chi connectivity index (χ1v) is 6.73. The molecule has 1 aromatic rings. The number of halogens is 1. The molecule has 86 valence electrons. The molecule has 1 aromatic heterocycles. The molecular weight excluding hydrogens is 254 g/mol. The molecule has 0 fully saturated rings. The molecule has 0 N–H and O–H groups in total. The van der Waals surface area contributed by atoms with E-state index in [2.05, 4.69) is 46.8 Å². The fourth-order valence-electron chi connectivity index (χ4n) is 1.55. The van der Waals surface area contributed by atoms with E-state index in [1.807, 2.05) is 4.68 Å². The zero-order chi connectivity index (χ0) is 11.3. The van der Waals surface area contributed by atoms with Crippen molar-refractivity contribution in [2.45, 2.75) is 40.2 Å². The van der Waals surface area contributed by atoms with Gasteiger partial charge in [0.25, 0.3) is 0 Å². The molecule has 0 spiro atoms. The zero-order valence-electron chi connectivity index (χ0n) is 9.78. The molecule has 1 atom stereocenters. The second-order valence-corrected chi connectivity index (χ2v) is 4.91. The largest absolute Gasteiger partial charge is 0.250 e. The summed E-state index contributed by atoms with van der Waals surface area (Å²) < 4.78 is 2.03. The van der Waals surface area contributed by atoms with Crippen molar-refractivity contribution < 1.29 is 0 Å². The van der Waals surface area contributed by atoms with Gasteiger partial charge >= 0.3 is 0 Å². The SMILES string of the molecule is CCCn1ncnc1CC(CBr)C(C)C. The van der Waals surface area contributed by atoms with E-state index in [0.29, 0.717) is 11.8 Å². The number of nitrogens with zero attached hydrogens (tertiary/aromatic N) is 3. The molecular formula is C11H20BrN3. The lowest BCUT2D eigenvalue weighted by Gasteiger charge is -2.17. The fraction of sp³-hybridized carbons (Fsp3) is 0.818. The van der Waals surface area contributed by atoms with Crippen LogP contribution in [0.3, 0.4) is 0 Å². The molecule has 0 bridgehead atoms. The van der Waals surface area contributed by atoms with E-state index < -0.39 is 0 Å². The first kappa shape index (κ1) is 12.7. The summed E-state index contributed by atoms with van der Waals surface area (Å²) in [4.78, 5) is 4.34. The standard InChI is InChI=1S/C11H20BrN3/c1-4-5-15-11(13-8-14-15)6-10(7-12)9(2)3/h8-10H,4-7H2,1-3H3. The Hall–Kier alpha value is -0.380. The predicted molar refractivity (Wildman–Crippen MR) is 66.1 cm³/mol. The molecule has 1 heterocycles. The van der Waals surface area contributed by atoms with Crippen LogP contribution in [0.4, 0.5) is 0 Å². The lowest BCUT2D eigenvalue weighted by Crippen LogP contribution is -2.17. The second kappa shape index (κ2) is 6.26. The molecule has 0 amide bonds. The van der Waals surface area contributed by atoms with Gasteiger partial charge < -0.3 is 0 Å². The van der Waals surface area contributed by atoms with Crippen LogP contribution in [0.25, 0.3) is 0 Å². The van der Waals surface area contributed by atoms with Crippen LogP contribution in [-0.2, 0) is 13.0 Å². The number of aryl methyl sites for hydroxylation is 1. The van der Waals surface area contributed by atoms with Crippen molar-refractivity contribution in [2.24, 2.45) is 11.8 Å². The molecule has 1 unspecified atom stereocenters. The third-order valence-corrected chi connectivity index (χ3v) is 3.55. The summed E-state index contributed by atoms with van der Waals surface area (Å²) >= 11 is 3.57. The molecule has 0 radical (unpaired) electrons. The number of alkyl halides is 1. The highest BCUT2D eigenvalue weighted by Crippen LogP contribution is 2.18. The molecule has 0 aromatic carbocycles. The van der Waals surface area contributed by atoms with Gasteiger partial charge in [-0.3, -0.25) is 4.68 Å². The number of hydrogen-bond donors (Lipinski definition) is 0. The molecule has 3 nitrogen and oxygen atoms in total. The first-order valence-electron chi connectivity index (χ1n) is 5.61. The van der Waals surface area contributed by atoms with Gasteiger partial charge in [0, 0.05) is 18.3 Å². The summed E-state index contributed by atoms with van der Waals surface area (Å²) in [7, 11) is 0. The molecule has 0 aliphatic rings. The summed E-state index contributed by atoms with van der Waals surface area (Å²) in [6.07, 6.45) is 3.79. The molecule has 15 heavy (non-hydrogen) atoms. The summed E-state index contributed by atoms with van der Waals surface area (Å²) in [5, 5.41) is 5.27. The van der Waals surface area contributed by atoms with E-state index in [1.54, 1.807) is 6.33 Å². The Morgan fingerprint density at radius 2 is 2.20 bits per heavy atom. The normalized spacial score (nSPS) is 13.4. The average molecular weight is 274 g/mol. The van der Waals surface area contributed by atoms with Crippen LogP contribution in [0.5, 0.6) is 0 Å².